The third kappa shape index (κ3) is 8.18. The van der Waals surface area contributed by atoms with Crippen molar-refractivity contribution < 1.29 is 33.0 Å². The Kier molecular flexibility index (Phi) is 10.5. The number of nitrogens with one attached hydrogen (secondary N) is 3. The average Bonchev–Trinajstić information content (AvgIpc) is 2.81. The molecule has 2 rings (SSSR count). The van der Waals surface area contributed by atoms with Crippen molar-refractivity contribution in [2.24, 2.45) is 5.73 Å². The fraction of sp³-hybridized carbons (Fsp3) is 0.348. The molecular formula is C23H28F2N4O5. The van der Waals surface area contributed by atoms with Crippen LogP contribution in [0, 0.1) is 11.6 Å². The number of aliphatic hydroxyl groups is 1. The smallest absolute Gasteiger partial charge is 0.254 e. The maximum atomic E-state index is 13.4. The monoisotopic (exact) mass is 478 g/mol. The molecule has 1 unspecified atom stereocenters. The second kappa shape index (κ2) is 13.3. The molecule has 34 heavy (non-hydrogen) atoms. The van der Waals surface area contributed by atoms with Crippen LogP contribution in [0.2, 0.25) is 0 Å². The summed E-state index contributed by atoms with van der Waals surface area (Å²) < 4.78 is 32.0. The van der Waals surface area contributed by atoms with Crippen molar-refractivity contribution in [3.8, 4) is 0 Å². The predicted octanol–water partition coefficient (Wildman–Crippen LogP) is 0.452. The molecule has 0 heterocycles. The number of aliphatic hydroxyl groups excluding tert-OH is 1. The summed E-state index contributed by atoms with van der Waals surface area (Å²) in [6.45, 7) is 2.47. The standard InChI is InChI=1S/C23H28F2N4O5/c1-14(28-23(33)20(30)16-11-17(24)13-18(25)12-16)21(31)29-19(15-5-3-2-4-6-15)22(32)27-8-10-34-9-7-26/h2-6,11-14,19-20,30H,7-10,26H2,1H3,(H,27,32)(H,28,33)(H,29,31)/t14-,19-,20?/m0/s1. The third-order valence-electron chi connectivity index (χ3n) is 4.69. The van der Waals surface area contributed by atoms with Gasteiger partial charge in [-0.3, -0.25) is 14.4 Å². The van der Waals surface area contributed by atoms with Gasteiger partial charge in [0.2, 0.25) is 11.8 Å². The molecule has 0 aliphatic heterocycles. The van der Waals surface area contributed by atoms with Crippen molar-refractivity contribution >= 4 is 17.7 Å². The highest BCUT2D eigenvalue weighted by atomic mass is 19.1. The van der Waals surface area contributed by atoms with E-state index in [1.54, 1.807) is 30.3 Å². The number of halogens is 2. The Balaban J connectivity index is 2.02. The molecule has 0 aliphatic carbocycles. The summed E-state index contributed by atoms with van der Waals surface area (Å²) in [7, 11) is 0. The van der Waals surface area contributed by atoms with E-state index in [1.807, 2.05) is 0 Å². The van der Waals surface area contributed by atoms with E-state index in [0.717, 1.165) is 12.1 Å². The van der Waals surface area contributed by atoms with E-state index in [-0.39, 0.29) is 18.7 Å². The molecule has 184 valence electrons. The molecule has 0 spiro atoms. The van der Waals surface area contributed by atoms with Crippen LogP contribution in [0.3, 0.4) is 0 Å². The van der Waals surface area contributed by atoms with Gasteiger partial charge in [-0.05, 0) is 30.2 Å². The number of amides is 3. The van der Waals surface area contributed by atoms with Gasteiger partial charge in [0.15, 0.2) is 6.10 Å². The van der Waals surface area contributed by atoms with Gasteiger partial charge in [-0.1, -0.05) is 30.3 Å². The summed E-state index contributed by atoms with van der Waals surface area (Å²) in [5.74, 6) is -4.17. The van der Waals surface area contributed by atoms with Crippen LogP contribution in [-0.4, -0.2) is 55.2 Å². The molecule has 0 aromatic heterocycles. The fourth-order valence-corrected chi connectivity index (χ4v) is 2.99. The van der Waals surface area contributed by atoms with Crippen molar-refractivity contribution in [1.82, 2.24) is 16.0 Å². The lowest BCUT2D eigenvalue weighted by atomic mass is 10.1. The first kappa shape index (κ1) is 26.8. The molecule has 9 nitrogen and oxygen atoms in total. The highest BCUT2D eigenvalue weighted by molar-refractivity contribution is 5.93. The van der Waals surface area contributed by atoms with E-state index in [0.29, 0.717) is 24.8 Å². The molecule has 2 aromatic carbocycles. The Morgan fingerprint density at radius 1 is 0.941 bits per heavy atom. The van der Waals surface area contributed by atoms with Crippen LogP contribution in [0.5, 0.6) is 0 Å². The van der Waals surface area contributed by atoms with Gasteiger partial charge in [0.1, 0.15) is 23.7 Å². The Labute approximate surface area is 195 Å². The minimum absolute atomic E-state index is 0.195. The number of hydrogen-bond donors (Lipinski definition) is 5. The van der Waals surface area contributed by atoms with Gasteiger partial charge in [0.25, 0.3) is 5.91 Å². The highest BCUT2D eigenvalue weighted by Crippen LogP contribution is 2.17. The Hall–Kier alpha value is -3.41. The van der Waals surface area contributed by atoms with E-state index >= 15 is 0 Å². The number of nitrogens with two attached hydrogens (primary N) is 1. The molecule has 11 heteroatoms. The average molecular weight is 478 g/mol. The Morgan fingerprint density at radius 2 is 1.59 bits per heavy atom. The number of ether oxygens (including phenoxy) is 1. The van der Waals surface area contributed by atoms with Crippen LogP contribution < -0.4 is 21.7 Å². The summed E-state index contributed by atoms with van der Waals surface area (Å²) >= 11 is 0. The van der Waals surface area contributed by atoms with Gasteiger partial charge in [-0.15, -0.1) is 0 Å². The molecule has 0 radical (unpaired) electrons. The predicted molar refractivity (Wildman–Crippen MR) is 119 cm³/mol. The molecule has 0 bridgehead atoms. The first-order valence-corrected chi connectivity index (χ1v) is 10.6. The summed E-state index contributed by atoms with van der Waals surface area (Å²) in [4.78, 5) is 37.7. The number of rotatable bonds is 12. The number of benzene rings is 2. The lowest BCUT2D eigenvalue weighted by Gasteiger charge is -2.22. The van der Waals surface area contributed by atoms with Crippen molar-refractivity contribution in [2.75, 3.05) is 26.3 Å². The quantitative estimate of drug-likeness (QED) is 0.281. The molecule has 0 saturated carbocycles. The first-order chi connectivity index (χ1) is 16.2. The van der Waals surface area contributed by atoms with Gasteiger partial charge in [0, 0.05) is 19.2 Å². The summed E-state index contributed by atoms with van der Waals surface area (Å²) in [5, 5.41) is 17.6. The summed E-state index contributed by atoms with van der Waals surface area (Å²) in [6, 6.07) is 8.44. The SMILES string of the molecule is C[C@H](NC(=O)C(O)c1cc(F)cc(F)c1)C(=O)N[C@H](C(=O)NCCOCCN)c1ccccc1. The normalized spacial score (nSPS) is 13.4. The Bertz CT molecular complexity index is 957. The zero-order valence-electron chi connectivity index (χ0n) is 18.6. The second-order valence-corrected chi connectivity index (χ2v) is 7.38. The molecule has 3 atom stereocenters. The zero-order chi connectivity index (χ0) is 25.1. The summed E-state index contributed by atoms with van der Waals surface area (Å²) in [5.41, 5.74) is 5.54. The second-order valence-electron chi connectivity index (χ2n) is 7.38. The highest BCUT2D eigenvalue weighted by Gasteiger charge is 2.27. The molecule has 0 saturated heterocycles. The van der Waals surface area contributed by atoms with Crippen LogP contribution in [0.15, 0.2) is 48.5 Å². The summed E-state index contributed by atoms with van der Waals surface area (Å²) in [6.07, 6.45) is -1.90. The van der Waals surface area contributed by atoms with E-state index in [9.17, 15) is 28.3 Å². The maximum absolute atomic E-state index is 13.4. The molecule has 6 N–H and O–H groups in total. The van der Waals surface area contributed by atoms with E-state index in [1.165, 1.54) is 6.92 Å². The van der Waals surface area contributed by atoms with E-state index < -0.39 is 47.5 Å². The minimum atomic E-state index is -1.90. The van der Waals surface area contributed by atoms with Crippen molar-refractivity contribution in [1.29, 1.82) is 0 Å². The van der Waals surface area contributed by atoms with Gasteiger partial charge >= 0.3 is 0 Å². The van der Waals surface area contributed by atoms with Crippen LogP contribution in [0.1, 0.15) is 30.2 Å². The molecule has 2 aromatic rings. The van der Waals surface area contributed by atoms with Crippen molar-refractivity contribution in [3.63, 3.8) is 0 Å². The van der Waals surface area contributed by atoms with Gasteiger partial charge in [0.05, 0.1) is 13.2 Å². The van der Waals surface area contributed by atoms with Crippen molar-refractivity contribution in [3.05, 3.63) is 71.3 Å². The van der Waals surface area contributed by atoms with Crippen molar-refractivity contribution in [2.45, 2.75) is 25.1 Å². The topological polar surface area (TPSA) is 143 Å². The molecular weight excluding hydrogens is 450 g/mol. The minimum Gasteiger partial charge on any atom is -0.378 e. The van der Waals surface area contributed by atoms with Gasteiger partial charge < -0.3 is 31.5 Å². The third-order valence-corrected chi connectivity index (χ3v) is 4.69. The van der Waals surface area contributed by atoms with Crippen LogP contribution in [0.4, 0.5) is 8.78 Å². The number of carbonyl (C=O) groups is 3. The molecule has 0 aliphatic rings. The first-order valence-electron chi connectivity index (χ1n) is 10.6. The lowest BCUT2D eigenvalue weighted by Crippen LogP contribution is -2.50. The van der Waals surface area contributed by atoms with Crippen LogP contribution in [-0.2, 0) is 19.1 Å². The maximum Gasteiger partial charge on any atom is 0.254 e. The van der Waals surface area contributed by atoms with E-state index in [4.69, 9.17) is 10.5 Å². The lowest BCUT2D eigenvalue weighted by molar-refractivity contribution is -0.135. The fourth-order valence-electron chi connectivity index (χ4n) is 2.99. The number of hydrogen-bond acceptors (Lipinski definition) is 6. The zero-order valence-corrected chi connectivity index (χ0v) is 18.6. The molecule has 0 fully saturated rings. The van der Waals surface area contributed by atoms with Gasteiger partial charge in [-0.2, -0.15) is 0 Å². The van der Waals surface area contributed by atoms with Crippen LogP contribution in [0.25, 0.3) is 0 Å². The van der Waals surface area contributed by atoms with Gasteiger partial charge in [-0.25, -0.2) is 8.78 Å². The molecule has 3 amide bonds. The number of carbonyl (C=O) groups excluding carboxylic acids is 3. The largest absolute Gasteiger partial charge is 0.378 e. The van der Waals surface area contributed by atoms with Crippen LogP contribution >= 0.6 is 0 Å². The Morgan fingerprint density at radius 3 is 2.21 bits per heavy atom. The van der Waals surface area contributed by atoms with E-state index in [2.05, 4.69) is 16.0 Å².